The zero-order valence-electron chi connectivity index (χ0n) is 12.0. The second kappa shape index (κ2) is 5.57. The van der Waals surface area contributed by atoms with E-state index in [1.807, 2.05) is 7.05 Å². The number of hydrogen-bond acceptors (Lipinski definition) is 4. The minimum absolute atomic E-state index is 0.0677. The highest BCUT2D eigenvalue weighted by Crippen LogP contribution is 2.55. The molecule has 0 aromatic heterocycles. The molecule has 1 spiro atoms. The zero-order chi connectivity index (χ0) is 15.0. The van der Waals surface area contributed by atoms with Crippen molar-refractivity contribution in [2.24, 2.45) is 5.41 Å². The molecule has 2 aliphatic rings. The molecule has 2 saturated carbocycles. The van der Waals surface area contributed by atoms with Gasteiger partial charge in [0.15, 0.2) is 0 Å². The van der Waals surface area contributed by atoms with Crippen LogP contribution in [0.3, 0.4) is 0 Å². The lowest BCUT2D eigenvalue weighted by Gasteiger charge is -2.53. The molecule has 2 aliphatic carbocycles. The highest BCUT2D eigenvalue weighted by Gasteiger charge is 2.57. The standard InChI is InChI=1S/C15H19BrN2O3/c1-17-13-9-14(15(13)6-2-3-7-15)21-12-8-10(18(19)20)4-5-11(12)16/h4-5,8,13-14,17H,2-3,6-7,9H2,1H3. The van der Waals surface area contributed by atoms with E-state index >= 15 is 0 Å². The number of halogens is 1. The second-order valence-electron chi connectivity index (χ2n) is 6.00. The number of nitrogens with zero attached hydrogens (tertiary/aromatic N) is 1. The smallest absolute Gasteiger partial charge is 0.273 e. The van der Waals surface area contributed by atoms with Crippen LogP contribution in [0.5, 0.6) is 5.75 Å². The van der Waals surface area contributed by atoms with Crippen molar-refractivity contribution in [3.63, 3.8) is 0 Å². The third kappa shape index (κ3) is 2.44. The summed E-state index contributed by atoms with van der Waals surface area (Å²) in [6.45, 7) is 0. The molecule has 0 radical (unpaired) electrons. The molecule has 2 atom stereocenters. The van der Waals surface area contributed by atoms with Gasteiger partial charge >= 0.3 is 0 Å². The maximum absolute atomic E-state index is 10.9. The number of ether oxygens (including phenoxy) is 1. The van der Waals surface area contributed by atoms with Crippen LogP contribution in [0.1, 0.15) is 32.1 Å². The van der Waals surface area contributed by atoms with Gasteiger partial charge in [0, 0.05) is 23.9 Å². The zero-order valence-corrected chi connectivity index (χ0v) is 13.6. The molecule has 2 unspecified atom stereocenters. The van der Waals surface area contributed by atoms with Gasteiger partial charge in [0.05, 0.1) is 15.5 Å². The van der Waals surface area contributed by atoms with Crippen molar-refractivity contribution < 1.29 is 9.66 Å². The summed E-state index contributed by atoms with van der Waals surface area (Å²) in [7, 11) is 2.00. The van der Waals surface area contributed by atoms with Crippen LogP contribution in [0.4, 0.5) is 5.69 Å². The highest BCUT2D eigenvalue weighted by atomic mass is 79.9. The van der Waals surface area contributed by atoms with E-state index in [2.05, 4.69) is 21.2 Å². The van der Waals surface area contributed by atoms with Crippen LogP contribution in [-0.2, 0) is 0 Å². The first-order chi connectivity index (χ1) is 10.1. The predicted molar refractivity (Wildman–Crippen MR) is 83.6 cm³/mol. The Morgan fingerprint density at radius 3 is 2.76 bits per heavy atom. The van der Waals surface area contributed by atoms with Gasteiger partial charge in [-0.05, 0) is 41.9 Å². The molecule has 0 saturated heterocycles. The van der Waals surface area contributed by atoms with Crippen LogP contribution in [0.25, 0.3) is 0 Å². The molecule has 6 heteroatoms. The average Bonchev–Trinajstić information content (AvgIpc) is 2.96. The fourth-order valence-corrected chi connectivity index (χ4v) is 4.21. The van der Waals surface area contributed by atoms with Crippen LogP contribution < -0.4 is 10.1 Å². The molecule has 114 valence electrons. The number of hydrogen-bond donors (Lipinski definition) is 1. The Labute approximate surface area is 132 Å². The number of nitro groups is 1. The highest BCUT2D eigenvalue weighted by molar-refractivity contribution is 9.10. The monoisotopic (exact) mass is 354 g/mol. The first-order valence-electron chi connectivity index (χ1n) is 7.35. The van der Waals surface area contributed by atoms with Gasteiger partial charge < -0.3 is 10.1 Å². The Morgan fingerprint density at radius 2 is 2.14 bits per heavy atom. The van der Waals surface area contributed by atoms with Gasteiger partial charge in [-0.2, -0.15) is 0 Å². The number of rotatable bonds is 4. The lowest BCUT2D eigenvalue weighted by molar-refractivity contribution is -0.385. The summed E-state index contributed by atoms with van der Waals surface area (Å²) in [5, 5.41) is 14.3. The number of non-ortho nitro benzene ring substituents is 1. The van der Waals surface area contributed by atoms with Crippen LogP contribution in [0.15, 0.2) is 22.7 Å². The maximum atomic E-state index is 10.9. The Morgan fingerprint density at radius 1 is 1.43 bits per heavy atom. The van der Waals surface area contributed by atoms with Crippen molar-refractivity contribution in [1.82, 2.24) is 5.32 Å². The van der Waals surface area contributed by atoms with Gasteiger partial charge in [0.25, 0.3) is 5.69 Å². The van der Waals surface area contributed by atoms with Gasteiger partial charge in [0.1, 0.15) is 11.9 Å². The Kier molecular flexibility index (Phi) is 3.92. The lowest BCUT2D eigenvalue weighted by atomic mass is 9.60. The minimum Gasteiger partial charge on any atom is -0.488 e. The van der Waals surface area contributed by atoms with E-state index < -0.39 is 0 Å². The Hall–Kier alpha value is -1.14. The summed E-state index contributed by atoms with van der Waals surface area (Å²) in [6.07, 6.45) is 5.95. The molecular weight excluding hydrogens is 336 g/mol. The largest absolute Gasteiger partial charge is 0.488 e. The van der Waals surface area contributed by atoms with E-state index in [1.54, 1.807) is 6.07 Å². The van der Waals surface area contributed by atoms with Crippen LogP contribution in [0, 0.1) is 15.5 Å². The minimum atomic E-state index is -0.387. The summed E-state index contributed by atoms with van der Waals surface area (Å²) in [4.78, 5) is 10.5. The first kappa shape index (κ1) is 14.8. The molecule has 2 fully saturated rings. The van der Waals surface area contributed by atoms with E-state index in [1.165, 1.54) is 37.8 Å². The SMILES string of the molecule is CNC1CC(Oc2cc([N+](=O)[O-])ccc2Br)C12CCCC2. The van der Waals surface area contributed by atoms with Gasteiger partial charge in [-0.1, -0.05) is 12.8 Å². The van der Waals surface area contributed by atoms with Crippen molar-refractivity contribution >= 4 is 21.6 Å². The fourth-order valence-electron chi connectivity index (χ4n) is 3.87. The molecular formula is C15H19BrN2O3. The summed E-state index contributed by atoms with van der Waals surface area (Å²) in [6, 6.07) is 5.18. The van der Waals surface area contributed by atoms with Crippen molar-refractivity contribution in [3.05, 3.63) is 32.8 Å². The van der Waals surface area contributed by atoms with Gasteiger partial charge in [-0.3, -0.25) is 10.1 Å². The summed E-state index contributed by atoms with van der Waals surface area (Å²) < 4.78 is 6.92. The molecule has 0 bridgehead atoms. The van der Waals surface area contributed by atoms with E-state index in [0.29, 0.717) is 11.8 Å². The van der Waals surface area contributed by atoms with E-state index in [9.17, 15) is 10.1 Å². The van der Waals surface area contributed by atoms with E-state index in [0.717, 1.165) is 10.9 Å². The second-order valence-corrected chi connectivity index (χ2v) is 6.85. The summed E-state index contributed by atoms with van der Waals surface area (Å²) >= 11 is 3.43. The third-order valence-electron chi connectivity index (χ3n) is 5.06. The van der Waals surface area contributed by atoms with Crippen LogP contribution in [-0.4, -0.2) is 24.1 Å². The molecule has 5 nitrogen and oxygen atoms in total. The average molecular weight is 355 g/mol. The molecule has 3 rings (SSSR count). The van der Waals surface area contributed by atoms with E-state index in [-0.39, 0.29) is 22.1 Å². The number of benzene rings is 1. The van der Waals surface area contributed by atoms with Gasteiger partial charge in [-0.15, -0.1) is 0 Å². The Bertz CT molecular complexity index is 558. The van der Waals surface area contributed by atoms with Crippen molar-refractivity contribution in [1.29, 1.82) is 0 Å². The van der Waals surface area contributed by atoms with Gasteiger partial charge in [0.2, 0.25) is 0 Å². The molecule has 0 aliphatic heterocycles. The van der Waals surface area contributed by atoms with Crippen molar-refractivity contribution in [2.75, 3.05) is 7.05 Å². The topological polar surface area (TPSA) is 64.4 Å². The van der Waals surface area contributed by atoms with Crippen molar-refractivity contribution in [2.45, 2.75) is 44.2 Å². The summed E-state index contributed by atoms with van der Waals surface area (Å²) in [5.41, 5.74) is 0.275. The maximum Gasteiger partial charge on any atom is 0.273 e. The van der Waals surface area contributed by atoms with E-state index in [4.69, 9.17) is 4.74 Å². The molecule has 0 heterocycles. The van der Waals surface area contributed by atoms with Crippen molar-refractivity contribution in [3.8, 4) is 5.75 Å². The number of nitrogens with one attached hydrogen (secondary N) is 1. The normalized spacial score (nSPS) is 26.6. The summed E-state index contributed by atoms with van der Waals surface area (Å²) in [5.74, 6) is 0.579. The molecule has 1 aromatic rings. The quantitative estimate of drug-likeness (QED) is 0.661. The molecule has 1 N–H and O–H groups in total. The predicted octanol–water partition coefficient (Wildman–Crippen LogP) is 3.66. The molecule has 1 aromatic carbocycles. The third-order valence-corrected chi connectivity index (χ3v) is 5.72. The first-order valence-corrected chi connectivity index (χ1v) is 8.14. The van der Waals surface area contributed by atoms with Crippen LogP contribution in [0.2, 0.25) is 0 Å². The van der Waals surface area contributed by atoms with Gasteiger partial charge in [-0.25, -0.2) is 0 Å². The molecule has 21 heavy (non-hydrogen) atoms. The fraction of sp³-hybridized carbons (Fsp3) is 0.600. The molecule has 0 amide bonds. The Balaban J connectivity index is 1.81. The lowest BCUT2D eigenvalue weighted by Crippen LogP contribution is -2.63. The van der Waals surface area contributed by atoms with Crippen LogP contribution >= 0.6 is 15.9 Å². The number of nitro benzene ring substituents is 1.